The lowest BCUT2D eigenvalue weighted by Crippen LogP contribution is -2.48. The van der Waals surface area contributed by atoms with Crippen LogP contribution in [0.15, 0.2) is 48.5 Å². The Bertz CT molecular complexity index is 781. The van der Waals surface area contributed by atoms with E-state index in [0.29, 0.717) is 37.1 Å². The van der Waals surface area contributed by atoms with Crippen molar-refractivity contribution in [3.8, 4) is 0 Å². The van der Waals surface area contributed by atoms with Crippen LogP contribution in [0.25, 0.3) is 0 Å². The molecule has 2 aromatic carbocycles. The van der Waals surface area contributed by atoms with E-state index in [-0.39, 0.29) is 17.5 Å². The number of anilines is 1. The Morgan fingerprint density at radius 3 is 2.23 bits per heavy atom. The molecule has 1 aliphatic heterocycles. The molecule has 1 aliphatic rings. The number of nitrogens with zero attached hydrogens (tertiary/aromatic N) is 2. The van der Waals surface area contributed by atoms with Crippen LogP contribution in [-0.4, -0.2) is 42.8 Å². The fraction of sp³-hybridized carbons (Fsp3) is 0.333. The number of carbonyl (C=O) groups excluding carboxylic acids is 2. The first-order valence-electron chi connectivity index (χ1n) is 8.92. The number of hydrogen-bond acceptors (Lipinski definition) is 3. The fourth-order valence-corrected chi connectivity index (χ4v) is 3.22. The maximum Gasteiger partial charge on any atom is 0.223 e. The summed E-state index contributed by atoms with van der Waals surface area (Å²) in [5.41, 5.74) is 2.36. The van der Waals surface area contributed by atoms with Crippen molar-refractivity contribution in [3.63, 3.8) is 0 Å². The van der Waals surface area contributed by atoms with Gasteiger partial charge in [0.25, 0.3) is 0 Å². The van der Waals surface area contributed by atoms with Crippen molar-refractivity contribution >= 4 is 17.4 Å². The molecule has 1 saturated heterocycles. The van der Waals surface area contributed by atoms with E-state index >= 15 is 0 Å². The number of carbonyl (C=O) groups is 2. The summed E-state index contributed by atoms with van der Waals surface area (Å²) in [7, 11) is 0. The number of halogens is 1. The molecule has 26 heavy (non-hydrogen) atoms. The molecule has 3 rings (SSSR count). The Balaban J connectivity index is 1.50. The van der Waals surface area contributed by atoms with Gasteiger partial charge in [-0.15, -0.1) is 0 Å². The quantitative estimate of drug-likeness (QED) is 0.774. The van der Waals surface area contributed by atoms with Gasteiger partial charge in [-0.1, -0.05) is 18.2 Å². The summed E-state index contributed by atoms with van der Waals surface area (Å²) >= 11 is 0. The van der Waals surface area contributed by atoms with Crippen molar-refractivity contribution in [2.45, 2.75) is 19.8 Å². The molecule has 0 aliphatic carbocycles. The van der Waals surface area contributed by atoms with Gasteiger partial charge in [-0.2, -0.15) is 0 Å². The topological polar surface area (TPSA) is 40.6 Å². The molecule has 0 saturated carbocycles. The Kier molecular flexibility index (Phi) is 5.66. The molecule has 136 valence electrons. The molecule has 4 nitrogen and oxygen atoms in total. The number of hydrogen-bond donors (Lipinski definition) is 0. The van der Waals surface area contributed by atoms with E-state index in [4.69, 9.17) is 0 Å². The van der Waals surface area contributed by atoms with Gasteiger partial charge in [-0.3, -0.25) is 9.59 Å². The minimum absolute atomic E-state index is 0.0572. The SMILES string of the molecule is CC(=O)c1ccc(N2CCN(C(=O)CCc3ccccc3F)CC2)cc1. The van der Waals surface area contributed by atoms with E-state index in [1.165, 1.54) is 6.07 Å². The normalized spacial score (nSPS) is 14.4. The molecule has 0 unspecified atom stereocenters. The predicted molar refractivity (Wildman–Crippen MR) is 100.0 cm³/mol. The van der Waals surface area contributed by atoms with Gasteiger partial charge in [0.15, 0.2) is 5.78 Å². The van der Waals surface area contributed by atoms with Crippen LogP contribution in [0.2, 0.25) is 0 Å². The minimum atomic E-state index is -0.251. The van der Waals surface area contributed by atoms with Crippen molar-refractivity contribution in [3.05, 3.63) is 65.5 Å². The van der Waals surface area contributed by atoms with E-state index < -0.39 is 0 Å². The monoisotopic (exact) mass is 354 g/mol. The zero-order valence-electron chi connectivity index (χ0n) is 15.0. The molecular formula is C21H23FN2O2. The molecule has 1 heterocycles. The maximum absolute atomic E-state index is 13.6. The average Bonchev–Trinajstić information content (AvgIpc) is 2.67. The highest BCUT2D eigenvalue weighted by Crippen LogP contribution is 2.18. The van der Waals surface area contributed by atoms with Crippen molar-refractivity contribution in [2.24, 2.45) is 0 Å². The molecule has 0 radical (unpaired) electrons. The van der Waals surface area contributed by atoms with E-state index in [2.05, 4.69) is 4.90 Å². The van der Waals surface area contributed by atoms with Crippen molar-refractivity contribution in [1.82, 2.24) is 4.90 Å². The van der Waals surface area contributed by atoms with Crippen LogP contribution in [0.3, 0.4) is 0 Å². The van der Waals surface area contributed by atoms with E-state index in [1.54, 1.807) is 25.1 Å². The highest BCUT2D eigenvalue weighted by molar-refractivity contribution is 5.94. The molecule has 0 N–H and O–H groups in total. The van der Waals surface area contributed by atoms with Crippen LogP contribution >= 0.6 is 0 Å². The zero-order chi connectivity index (χ0) is 18.5. The summed E-state index contributed by atoms with van der Waals surface area (Å²) in [4.78, 5) is 27.8. The molecule has 0 aromatic heterocycles. The molecule has 5 heteroatoms. The molecule has 2 aromatic rings. The van der Waals surface area contributed by atoms with Crippen LogP contribution < -0.4 is 4.90 Å². The largest absolute Gasteiger partial charge is 0.368 e. The van der Waals surface area contributed by atoms with Gasteiger partial charge >= 0.3 is 0 Å². The first kappa shape index (κ1) is 18.1. The van der Waals surface area contributed by atoms with Crippen LogP contribution in [0.4, 0.5) is 10.1 Å². The first-order chi connectivity index (χ1) is 12.5. The summed E-state index contributed by atoms with van der Waals surface area (Å²) in [5.74, 6) is -0.124. The molecular weight excluding hydrogens is 331 g/mol. The van der Waals surface area contributed by atoms with Crippen LogP contribution in [0.1, 0.15) is 29.3 Å². The Hall–Kier alpha value is -2.69. The lowest BCUT2D eigenvalue weighted by molar-refractivity contribution is -0.131. The van der Waals surface area contributed by atoms with Crippen LogP contribution in [-0.2, 0) is 11.2 Å². The summed E-state index contributed by atoms with van der Waals surface area (Å²) < 4.78 is 13.6. The molecule has 0 atom stereocenters. The number of aryl methyl sites for hydroxylation is 1. The third-order valence-electron chi connectivity index (χ3n) is 4.84. The van der Waals surface area contributed by atoms with Gasteiger partial charge < -0.3 is 9.80 Å². The first-order valence-corrected chi connectivity index (χ1v) is 8.92. The Morgan fingerprint density at radius 1 is 0.962 bits per heavy atom. The Labute approximate surface area is 153 Å². The van der Waals surface area contributed by atoms with Crippen molar-refractivity contribution in [2.75, 3.05) is 31.1 Å². The summed E-state index contributed by atoms with van der Waals surface area (Å²) in [5, 5.41) is 0. The van der Waals surface area contributed by atoms with Gasteiger partial charge in [0.1, 0.15) is 5.82 Å². The standard InChI is InChI=1S/C21H23FN2O2/c1-16(25)17-6-9-19(10-7-17)23-12-14-24(15-13-23)21(26)11-8-18-4-2-3-5-20(18)22/h2-7,9-10H,8,11-15H2,1H3. The van der Waals surface area contributed by atoms with Gasteiger partial charge in [-0.05, 0) is 49.2 Å². The summed E-state index contributed by atoms with van der Waals surface area (Å²) in [6.45, 7) is 4.38. The zero-order valence-corrected chi connectivity index (χ0v) is 15.0. The second-order valence-electron chi connectivity index (χ2n) is 6.56. The highest BCUT2D eigenvalue weighted by Gasteiger charge is 2.21. The van der Waals surface area contributed by atoms with Gasteiger partial charge in [0, 0.05) is 43.9 Å². The van der Waals surface area contributed by atoms with Crippen molar-refractivity contribution in [1.29, 1.82) is 0 Å². The van der Waals surface area contributed by atoms with Crippen molar-refractivity contribution < 1.29 is 14.0 Å². The smallest absolute Gasteiger partial charge is 0.223 e. The summed E-state index contributed by atoms with van der Waals surface area (Å²) in [6.07, 6.45) is 0.756. The van der Waals surface area contributed by atoms with E-state index in [9.17, 15) is 14.0 Å². The number of benzene rings is 2. The van der Waals surface area contributed by atoms with Gasteiger partial charge in [0.2, 0.25) is 5.91 Å². The number of rotatable bonds is 5. The fourth-order valence-electron chi connectivity index (χ4n) is 3.22. The number of piperazine rings is 1. The molecule has 0 spiro atoms. The third-order valence-corrected chi connectivity index (χ3v) is 4.84. The molecule has 1 fully saturated rings. The van der Waals surface area contributed by atoms with Crippen LogP contribution in [0, 0.1) is 5.82 Å². The third kappa shape index (κ3) is 4.28. The second-order valence-corrected chi connectivity index (χ2v) is 6.56. The number of amides is 1. The lowest BCUT2D eigenvalue weighted by atomic mass is 10.1. The highest BCUT2D eigenvalue weighted by atomic mass is 19.1. The number of Topliss-reactive ketones (excluding diaryl/α,β-unsaturated/α-hetero) is 1. The van der Waals surface area contributed by atoms with E-state index in [1.807, 2.05) is 29.2 Å². The Morgan fingerprint density at radius 2 is 1.62 bits per heavy atom. The van der Waals surface area contributed by atoms with E-state index in [0.717, 1.165) is 18.8 Å². The molecule has 0 bridgehead atoms. The predicted octanol–water partition coefficient (Wildman–Crippen LogP) is 3.31. The van der Waals surface area contributed by atoms with Crippen LogP contribution in [0.5, 0.6) is 0 Å². The second kappa shape index (κ2) is 8.13. The molecule has 1 amide bonds. The summed E-state index contributed by atoms with van der Waals surface area (Å²) in [6, 6.07) is 14.2. The number of ketones is 1. The lowest BCUT2D eigenvalue weighted by Gasteiger charge is -2.36. The average molecular weight is 354 g/mol. The van der Waals surface area contributed by atoms with Gasteiger partial charge in [-0.25, -0.2) is 4.39 Å². The maximum atomic E-state index is 13.6. The van der Waals surface area contributed by atoms with Gasteiger partial charge in [0.05, 0.1) is 0 Å². The minimum Gasteiger partial charge on any atom is -0.368 e.